The van der Waals surface area contributed by atoms with Gasteiger partial charge >= 0.3 is 11.7 Å². The average Bonchev–Trinajstić information content (AvgIpc) is 2.42. The van der Waals surface area contributed by atoms with Gasteiger partial charge in [0.15, 0.2) is 0 Å². The summed E-state index contributed by atoms with van der Waals surface area (Å²) in [5.74, 6) is -1.97. The molecular formula is C12H14N2O6. The van der Waals surface area contributed by atoms with E-state index in [-0.39, 0.29) is 23.5 Å². The standard InChI is InChI=1S/C12H14N2O6/c1-3-13(7-10(15)16)12(17)8-5-4-6-9(14(18)19)11(8)20-2/h4-6H,3,7H2,1-2H3,(H,15,16). The number of carboxylic acid groups (broad SMARTS) is 1. The summed E-state index contributed by atoms with van der Waals surface area (Å²) in [5.41, 5.74) is -0.380. The van der Waals surface area contributed by atoms with Gasteiger partial charge in [-0.25, -0.2) is 0 Å². The molecule has 1 rings (SSSR count). The van der Waals surface area contributed by atoms with E-state index in [4.69, 9.17) is 9.84 Å². The Morgan fingerprint density at radius 1 is 1.45 bits per heavy atom. The smallest absolute Gasteiger partial charge is 0.323 e. The monoisotopic (exact) mass is 282 g/mol. The van der Waals surface area contributed by atoms with Crippen molar-refractivity contribution in [2.75, 3.05) is 20.2 Å². The van der Waals surface area contributed by atoms with Crippen molar-refractivity contribution in [2.45, 2.75) is 6.92 Å². The van der Waals surface area contributed by atoms with Crippen LogP contribution in [-0.4, -0.2) is 47.0 Å². The minimum Gasteiger partial charge on any atom is -0.490 e. The third-order valence-electron chi connectivity index (χ3n) is 2.62. The van der Waals surface area contributed by atoms with Gasteiger partial charge in [-0.1, -0.05) is 6.07 Å². The number of nitro groups is 1. The molecule has 8 heteroatoms. The van der Waals surface area contributed by atoms with E-state index >= 15 is 0 Å². The number of nitrogens with zero attached hydrogens (tertiary/aromatic N) is 2. The van der Waals surface area contributed by atoms with Crippen LogP contribution in [-0.2, 0) is 4.79 Å². The molecule has 0 aromatic heterocycles. The fourth-order valence-corrected chi connectivity index (χ4v) is 1.71. The van der Waals surface area contributed by atoms with Gasteiger partial charge in [-0.2, -0.15) is 0 Å². The maximum absolute atomic E-state index is 12.2. The molecule has 0 spiro atoms. The van der Waals surface area contributed by atoms with E-state index in [1.807, 2.05) is 0 Å². The van der Waals surface area contributed by atoms with Crippen molar-refractivity contribution in [1.29, 1.82) is 0 Å². The zero-order valence-corrected chi connectivity index (χ0v) is 11.0. The van der Waals surface area contributed by atoms with Gasteiger partial charge in [-0.3, -0.25) is 19.7 Å². The number of rotatable bonds is 6. The predicted octanol–water partition coefficient (Wildman–Crippen LogP) is 1.15. The second-order valence-corrected chi connectivity index (χ2v) is 3.83. The number of nitro benzene ring substituents is 1. The van der Waals surface area contributed by atoms with Gasteiger partial charge in [0.05, 0.1) is 17.6 Å². The quantitative estimate of drug-likeness (QED) is 0.619. The van der Waals surface area contributed by atoms with Gasteiger partial charge in [0.25, 0.3) is 5.91 Å². The Morgan fingerprint density at radius 2 is 2.10 bits per heavy atom. The number of hydrogen-bond acceptors (Lipinski definition) is 5. The van der Waals surface area contributed by atoms with Crippen LogP contribution in [0.1, 0.15) is 17.3 Å². The van der Waals surface area contributed by atoms with Crippen LogP contribution in [0.2, 0.25) is 0 Å². The number of carbonyl (C=O) groups is 2. The molecule has 0 aliphatic heterocycles. The summed E-state index contributed by atoms with van der Waals surface area (Å²) in [6.45, 7) is 1.29. The van der Waals surface area contributed by atoms with Crippen molar-refractivity contribution < 1.29 is 24.4 Å². The van der Waals surface area contributed by atoms with E-state index in [0.29, 0.717) is 0 Å². The van der Waals surface area contributed by atoms with Crippen LogP contribution in [0.3, 0.4) is 0 Å². The second kappa shape index (κ2) is 6.50. The maximum atomic E-state index is 12.2. The average molecular weight is 282 g/mol. The van der Waals surface area contributed by atoms with Crippen molar-refractivity contribution in [3.8, 4) is 5.75 Å². The van der Waals surface area contributed by atoms with Gasteiger partial charge in [-0.05, 0) is 13.0 Å². The van der Waals surface area contributed by atoms with Gasteiger partial charge in [0.2, 0.25) is 5.75 Å². The molecule has 0 saturated heterocycles. The van der Waals surface area contributed by atoms with Crippen molar-refractivity contribution in [2.24, 2.45) is 0 Å². The molecule has 20 heavy (non-hydrogen) atoms. The number of methoxy groups -OCH3 is 1. The van der Waals surface area contributed by atoms with E-state index < -0.39 is 23.3 Å². The fourth-order valence-electron chi connectivity index (χ4n) is 1.71. The van der Waals surface area contributed by atoms with Gasteiger partial charge in [-0.15, -0.1) is 0 Å². The molecule has 1 amide bonds. The highest BCUT2D eigenvalue weighted by atomic mass is 16.6. The van der Waals surface area contributed by atoms with Crippen LogP contribution in [0.5, 0.6) is 5.75 Å². The first kappa shape index (κ1) is 15.4. The van der Waals surface area contributed by atoms with Gasteiger partial charge in [0, 0.05) is 12.6 Å². The van der Waals surface area contributed by atoms with Crippen molar-refractivity contribution in [1.82, 2.24) is 4.90 Å². The molecule has 8 nitrogen and oxygen atoms in total. The maximum Gasteiger partial charge on any atom is 0.323 e. The molecule has 0 atom stereocenters. The first-order valence-electron chi connectivity index (χ1n) is 5.74. The Kier molecular flexibility index (Phi) is 5.01. The number of ether oxygens (including phenoxy) is 1. The van der Waals surface area contributed by atoms with E-state index in [1.54, 1.807) is 6.92 Å². The van der Waals surface area contributed by atoms with Crippen LogP contribution < -0.4 is 4.74 Å². The summed E-state index contributed by atoms with van der Waals surface area (Å²) < 4.78 is 4.92. The highest BCUT2D eigenvalue weighted by Crippen LogP contribution is 2.31. The van der Waals surface area contributed by atoms with Crippen LogP contribution in [0.15, 0.2) is 18.2 Å². The molecule has 0 unspecified atom stereocenters. The lowest BCUT2D eigenvalue weighted by Crippen LogP contribution is -2.35. The molecule has 0 bridgehead atoms. The SMILES string of the molecule is CCN(CC(=O)O)C(=O)c1cccc([N+](=O)[O-])c1OC. The van der Waals surface area contributed by atoms with Crippen molar-refractivity contribution in [3.63, 3.8) is 0 Å². The molecule has 108 valence electrons. The minimum absolute atomic E-state index is 0.0372. The number of amides is 1. The van der Waals surface area contributed by atoms with E-state index in [0.717, 1.165) is 4.90 Å². The van der Waals surface area contributed by atoms with Crippen LogP contribution in [0.25, 0.3) is 0 Å². The van der Waals surface area contributed by atoms with E-state index in [1.165, 1.54) is 25.3 Å². The number of para-hydroxylation sites is 1. The number of aliphatic carboxylic acids is 1. The lowest BCUT2D eigenvalue weighted by atomic mass is 10.1. The summed E-state index contributed by atoms with van der Waals surface area (Å²) >= 11 is 0. The Hall–Kier alpha value is -2.64. The first-order valence-corrected chi connectivity index (χ1v) is 5.74. The topological polar surface area (TPSA) is 110 Å². The Labute approximate surface area is 114 Å². The highest BCUT2D eigenvalue weighted by Gasteiger charge is 2.26. The molecule has 0 radical (unpaired) electrons. The Bertz CT molecular complexity index is 543. The summed E-state index contributed by atoms with van der Waals surface area (Å²) in [6, 6.07) is 3.92. The zero-order chi connectivity index (χ0) is 15.3. The predicted molar refractivity (Wildman–Crippen MR) is 68.9 cm³/mol. The van der Waals surface area contributed by atoms with E-state index in [2.05, 4.69) is 0 Å². The van der Waals surface area contributed by atoms with Gasteiger partial charge in [0.1, 0.15) is 6.54 Å². The van der Waals surface area contributed by atoms with Crippen molar-refractivity contribution in [3.05, 3.63) is 33.9 Å². The lowest BCUT2D eigenvalue weighted by Gasteiger charge is -2.19. The minimum atomic E-state index is -1.16. The van der Waals surface area contributed by atoms with Crippen LogP contribution in [0.4, 0.5) is 5.69 Å². The fraction of sp³-hybridized carbons (Fsp3) is 0.333. The number of carboxylic acids is 1. The Morgan fingerprint density at radius 3 is 2.55 bits per heavy atom. The third-order valence-corrected chi connectivity index (χ3v) is 2.62. The molecule has 0 heterocycles. The number of carbonyl (C=O) groups excluding carboxylic acids is 1. The zero-order valence-electron chi connectivity index (χ0n) is 11.0. The largest absolute Gasteiger partial charge is 0.490 e. The number of benzene rings is 1. The second-order valence-electron chi connectivity index (χ2n) is 3.83. The van der Waals surface area contributed by atoms with Gasteiger partial charge < -0.3 is 14.7 Å². The lowest BCUT2D eigenvalue weighted by molar-refractivity contribution is -0.385. The summed E-state index contributed by atoms with van der Waals surface area (Å²) in [5, 5.41) is 19.6. The first-order chi connectivity index (χ1) is 9.42. The summed E-state index contributed by atoms with van der Waals surface area (Å²) in [4.78, 5) is 34.2. The summed E-state index contributed by atoms with van der Waals surface area (Å²) in [6.07, 6.45) is 0. The van der Waals surface area contributed by atoms with Crippen molar-refractivity contribution >= 4 is 17.6 Å². The molecule has 0 saturated carbocycles. The summed E-state index contributed by atoms with van der Waals surface area (Å²) in [7, 11) is 1.21. The van der Waals surface area contributed by atoms with Crippen LogP contribution in [0, 0.1) is 10.1 Å². The highest BCUT2D eigenvalue weighted by molar-refractivity contribution is 5.99. The normalized spacial score (nSPS) is 9.90. The molecular weight excluding hydrogens is 268 g/mol. The molecule has 0 aliphatic rings. The molecule has 1 N–H and O–H groups in total. The number of hydrogen-bond donors (Lipinski definition) is 1. The molecule has 0 aliphatic carbocycles. The molecule has 0 fully saturated rings. The van der Waals surface area contributed by atoms with E-state index in [9.17, 15) is 19.7 Å². The van der Waals surface area contributed by atoms with Crippen LogP contribution >= 0.6 is 0 Å². The molecule has 1 aromatic rings. The Balaban J connectivity index is 3.24. The molecule has 1 aromatic carbocycles. The number of likely N-dealkylation sites (N-methyl/N-ethyl adjacent to an activating group) is 1. The third kappa shape index (κ3) is 3.22.